The van der Waals surface area contributed by atoms with Gasteiger partial charge in [0, 0.05) is 89.6 Å². The molecule has 0 aromatic heterocycles. The van der Waals surface area contributed by atoms with E-state index in [0.29, 0.717) is 19.3 Å². The molecule has 2 N–H and O–H groups in total. The number of hydrogen-bond acceptors (Lipinski definition) is 19. The van der Waals surface area contributed by atoms with Crippen molar-refractivity contribution in [2.45, 2.75) is 180 Å². The van der Waals surface area contributed by atoms with Crippen LogP contribution in [0.2, 0.25) is 0 Å². The van der Waals surface area contributed by atoms with Crippen molar-refractivity contribution >= 4 is 67.2 Å². The average Bonchev–Trinajstić information content (AvgIpc) is 2.02. The maximum Gasteiger partial charge on any atom is 0.410 e. The topological polar surface area (TPSA) is 334 Å². The molecule has 3 rings (SSSR count). The molecule has 26 nitrogen and oxygen atoms in total. The fourth-order valence-electron chi connectivity index (χ4n) is 9.21. The molecule has 87 heavy (non-hydrogen) atoms. The van der Waals surface area contributed by atoms with Crippen LogP contribution < -0.4 is 5.32 Å². The molecule has 486 valence electrons. The molecule has 0 saturated heterocycles. The highest BCUT2D eigenvalue weighted by atomic mass is 32.2. The molecule has 3 amide bonds. The van der Waals surface area contributed by atoms with E-state index in [1.165, 1.54) is 47.1 Å². The second kappa shape index (κ2) is 32.8. The zero-order chi connectivity index (χ0) is 65.7. The Morgan fingerprint density at radius 1 is 0.678 bits per heavy atom. The first-order valence-corrected chi connectivity index (χ1v) is 31.9. The van der Waals surface area contributed by atoms with Crippen molar-refractivity contribution in [3.63, 3.8) is 0 Å². The third-order valence-corrected chi connectivity index (χ3v) is 16.9. The van der Waals surface area contributed by atoms with E-state index in [4.69, 9.17) is 18.9 Å². The van der Waals surface area contributed by atoms with Gasteiger partial charge in [0.1, 0.15) is 35.2 Å². The minimum absolute atomic E-state index is 0.00686. The lowest BCUT2D eigenvalue weighted by molar-refractivity contribution is -0.388. The summed E-state index contributed by atoms with van der Waals surface area (Å²) >= 11 is 0. The van der Waals surface area contributed by atoms with Gasteiger partial charge in [0.15, 0.2) is 15.6 Å². The number of alkyl carbamates (subject to hydrolysis) is 1. The number of aliphatic hydroxyl groups is 1. The van der Waals surface area contributed by atoms with Crippen molar-refractivity contribution in [1.82, 2.24) is 23.7 Å². The van der Waals surface area contributed by atoms with E-state index < -0.39 is 117 Å². The summed E-state index contributed by atoms with van der Waals surface area (Å²) in [5.74, 6) is -1.31. The van der Waals surface area contributed by atoms with E-state index >= 15 is 0 Å². The number of carbonyl (C=O) groups is 5. The lowest BCUT2D eigenvalue weighted by Gasteiger charge is -2.30. The van der Waals surface area contributed by atoms with Crippen LogP contribution in [0.15, 0.2) is 87.3 Å². The number of aliphatic imine (C=N–C) groups is 1. The SMILES string of the molecule is C=CCOC(=O)[C@H](CCCCN(CCCN(CCCN(CCCCN(CCCNC(=O)OC(C)(C)C)C(=O)OC(C)(C)C)C(=O)OC(C)(C)C)S(=O)(=O)c1ccccc1[N+](=O)[O-])S(=O)(=O)c1ccccc1[N+](=O)[O-])N=C(C)C1=C(O)CC(C)(C)CC1=O. The Balaban J connectivity index is 1.96. The van der Waals surface area contributed by atoms with Crippen molar-refractivity contribution in [1.29, 1.82) is 0 Å². The van der Waals surface area contributed by atoms with Gasteiger partial charge in [-0.3, -0.25) is 30.0 Å². The first kappa shape index (κ1) is 74.2. The molecule has 0 radical (unpaired) electrons. The third kappa shape index (κ3) is 24.9. The number of carbonyl (C=O) groups excluding carboxylic acids is 5. The van der Waals surface area contributed by atoms with E-state index in [9.17, 15) is 66.1 Å². The summed E-state index contributed by atoms with van der Waals surface area (Å²) in [6.45, 7) is 23.0. The Labute approximate surface area is 512 Å². The van der Waals surface area contributed by atoms with Crippen LogP contribution in [0.5, 0.6) is 0 Å². The van der Waals surface area contributed by atoms with Gasteiger partial charge < -0.3 is 39.2 Å². The summed E-state index contributed by atoms with van der Waals surface area (Å²) in [7, 11) is -9.50. The molecule has 2 aromatic rings. The number of unbranched alkanes of at least 4 members (excludes halogenated alkanes) is 2. The van der Waals surface area contributed by atoms with Crippen molar-refractivity contribution < 1.29 is 74.7 Å². The first-order valence-electron chi connectivity index (χ1n) is 29.0. The molecule has 0 aliphatic heterocycles. The number of nitro benzene ring substituents is 2. The highest BCUT2D eigenvalue weighted by Crippen LogP contribution is 2.37. The van der Waals surface area contributed by atoms with Crippen molar-refractivity contribution in [2.75, 3.05) is 65.5 Å². The van der Waals surface area contributed by atoms with Crippen LogP contribution in [0.1, 0.15) is 147 Å². The highest BCUT2D eigenvalue weighted by molar-refractivity contribution is 7.89. The number of nitrogens with one attached hydrogen (secondary N) is 1. The van der Waals surface area contributed by atoms with Crippen LogP contribution in [0.25, 0.3) is 0 Å². The Morgan fingerprint density at radius 3 is 1.53 bits per heavy atom. The number of aliphatic hydroxyl groups excluding tert-OH is 1. The number of benzene rings is 2. The van der Waals surface area contributed by atoms with Crippen molar-refractivity contribution in [3.05, 3.63) is 92.7 Å². The van der Waals surface area contributed by atoms with Gasteiger partial charge in [0.05, 0.1) is 15.4 Å². The molecule has 0 saturated carbocycles. The zero-order valence-corrected chi connectivity index (χ0v) is 54.1. The maximum atomic E-state index is 14.7. The zero-order valence-electron chi connectivity index (χ0n) is 52.5. The number of nitro groups is 2. The summed E-state index contributed by atoms with van der Waals surface area (Å²) in [6, 6.07) is 8.16. The van der Waals surface area contributed by atoms with Crippen LogP contribution in [0.3, 0.4) is 0 Å². The number of ketones is 1. The average molecular weight is 1260 g/mol. The van der Waals surface area contributed by atoms with Crippen molar-refractivity contribution in [3.8, 4) is 0 Å². The summed E-state index contributed by atoms with van der Waals surface area (Å²) < 4.78 is 82.3. The van der Waals surface area contributed by atoms with Crippen LogP contribution >= 0.6 is 0 Å². The van der Waals surface area contributed by atoms with E-state index in [1.807, 2.05) is 13.8 Å². The Hall–Kier alpha value is -7.04. The van der Waals surface area contributed by atoms with E-state index in [0.717, 1.165) is 32.9 Å². The molecule has 1 aliphatic rings. The normalized spacial score (nSPS) is 14.5. The molecule has 0 fully saturated rings. The predicted octanol–water partition coefficient (Wildman–Crippen LogP) is 10.1. The van der Waals surface area contributed by atoms with Gasteiger partial charge in [-0.15, -0.1) is 0 Å². The number of hydrogen-bond donors (Lipinski definition) is 2. The summed E-state index contributed by atoms with van der Waals surface area (Å²) in [6.07, 6.45) is 0.552. The lowest BCUT2D eigenvalue weighted by atomic mass is 9.75. The molecule has 2 aromatic carbocycles. The molecular weight excluding hydrogens is 1170 g/mol. The first-order chi connectivity index (χ1) is 40.3. The number of amides is 3. The Kier molecular flexibility index (Phi) is 28.0. The number of rotatable bonds is 33. The number of para-hydroxylation sites is 2. The van der Waals surface area contributed by atoms with Crippen LogP contribution in [0, 0.1) is 25.6 Å². The summed E-state index contributed by atoms with van der Waals surface area (Å²) in [5, 5.41) is 38.0. The molecule has 0 unspecified atom stereocenters. The number of ether oxygens (including phenoxy) is 4. The second-order valence-electron chi connectivity index (χ2n) is 24.8. The van der Waals surface area contributed by atoms with Gasteiger partial charge in [-0.1, -0.05) is 50.8 Å². The fourth-order valence-corrected chi connectivity index (χ4v) is 12.6. The Morgan fingerprint density at radius 2 is 1.09 bits per heavy atom. The minimum atomic E-state index is -4.76. The molecule has 1 aliphatic carbocycles. The van der Waals surface area contributed by atoms with E-state index in [1.54, 1.807) is 62.3 Å². The predicted molar refractivity (Wildman–Crippen MR) is 326 cm³/mol. The van der Waals surface area contributed by atoms with Crippen LogP contribution in [0.4, 0.5) is 25.8 Å². The minimum Gasteiger partial charge on any atom is -0.511 e. The molecule has 0 heterocycles. The van der Waals surface area contributed by atoms with E-state index in [2.05, 4.69) is 16.9 Å². The maximum absolute atomic E-state index is 14.7. The van der Waals surface area contributed by atoms with Crippen LogP contribution in [-0.2, 0) is 48.6 Å². The Bertz CT molecular complexity index is 3040. The van der Waals surface area contributed by atoms with Gasteiger partial charge in [0.2, 0.25) is 20.0 Å². The monoisotopic (exact) mass is 1260 g/mol. The molecule has 28 heteroatoms. The third-order valence-electron chi connectivity index (χ3n) is 13.0. The largest absolute Gasteiger partial charge is 0.511 e. The van der Waals surface area contributed by atoms with E-state index in [-0.39, 0.29) is 120 Å². The molecular formula is C59H90N8O18S2. The number of Topliss-reactive ketones (excluding diaryl/α,β-unsaturated/α-hetero) is 1. The molecule has 0 spiro atoms. The van der Waals surface area contributed by atoms with Gasteiger partial charge in [-0.2, -0.15) is 8.61 Å². The summed E-state index contributed by atoms with van der Waals surface area (Å²) in [5.41, 5.74) is -4.34. The smallest absolute Gasteiger partial charge is 0.410 e. The standard InChI is InChI=1S/C59H90N8O18S2/c1-14-40-82-52(70)44(61-43(2)51-47(68)41-59(12,13)42-48(51)69)26-19-20-36-64(86(78,79)49-29-17-15-27-45(49)66(74)75)38-25-39-65(87(80,81)50-30-18-16-28-46(50)67(76)77)37-24-35-63(55(73)85-58(9,10)11)33-22-21-32-62(54(72)84-57(6,7)8)34-23-31-60-53(71)83-56(3,4)5/h14-18,27-30,44,68H,1,19-26,31-42H2,2-13H3,(H,60,71)/t44-/m0/s1. The molecule has 0 bridgehead atoms. The van der Waals surface area contributed by atoms with Crippen molar-refractivity contribution in [2.24, 2.45) is 10.4 Å². The lowest BCUT2D eigenvalue weighted by Crippen LogP contribution is -2.41. The number of allylic oxidation sites excluding steroid dienone is 2. The van der Waals surface area contributed by atoms with Gasteiger partial charge in [-0.05, 0) is 138 Å². The second-order valence-corrected chi connectivity index (χ2v) is 28.6. The van der Waals surface area contributed by atoms with Gasteiger partial charge >= 0.3 is 24.2 Å². The quantitative estimate of drug-likeness (QED) is 0.0128. The number of sulfonamides is 2. The molecule has 1 atom stereocenters. The number of nitrogens with zero attached hydrogens (tertiary/aromatic N) is 7. The highest BCUT2D eigenvalue weighted by Gasteiger charge is 2.37. The fraction of sp³-hybridized carbons (Fsp3) is 0.627. The van der Waals surface area contributed by atoms with Gasteiger partial charge in [-0.25, -0.2) is 36.0 Å². The van der Waals surface area contributed by atoms with Gasteiger partial charge in [0.25, 0.3) is 11.4 Å². The summed E-state index contributed by atoms with van der Waals surface area (Å²) in [4.78, 5) is 94.7. The van der Waals surface area contributed by atoms with Crippen LogP contribution in [-0.4, -0.2) is 174 Å². The number of esters is 1.